The number of hydrogen-bond donors (Lipinski definition) is 0. The van der Waals surface area contributed by atoms with Crippen molar-refractivity contribution in [1.82, 2.24) is 9.91 Å². The summed E-state index contributed by atoms with van der Waals surface area (Å²) in [5.74, 6) is 0.832. The van der Waals surface area contributed by atoms with Crippen LogP contribution in [0.4, 0.5) is 0 Å². The van der Waals surface area contributed by atoms with Crippen LogP contribution in [-0.2, 0) is 4.79 Å². The molecule has 5 heteroatoms. The van der Waals surface area contributed by atoms with E-state index in [0.29, 0.717) is 13.0 Å². The smallest absolute Gasteiger partial charge is 0.257 e. The second-order valence-electron chi connectivity index (χ2n) is 7.56. The fourth-order valence-electron chi connectivity index (χ4n) is 3.79. The number of amides is 1. The zero-order valence-electron chi connectivity index (χ0n) is 18.1. The number of hydrazone groups is 1. The van der Waals surface area contributed by atoms with E-state index < -0.39 is 0 Å². The number of likely N-dealkylation sites (N-methyl/N-ethyl adjacent to an activating group) is 1. The average molecular weight is 394 g/mol. The van der Waals surface area contributed by atoms with Crippen LogP contribution in [0.25, 0.3) is 0 Å². The van der Waals surface area contributed by atoms with Crippen LogP contribution in [0.1, 0.15) is 48.6 Å². The molecule has 2 aromatic rings. The Hall–Kier alpha value is -2.66. The molecule has 0 aliphatic carbocycles. The molecular formula is C24H31N3O2. The highest BCUT2D eigenvalue weighted by Gasteiger charge is 2.34. The van der Waals surface area contributed by atoms with Crippen LogP contribution in [-0.4, -0.2) is 48.3 Å². The topological polar surface area (TPSA) is 45.1 Å². The summed E-state index contributed by atoms with van der Waals surface area (Å²) in [4.78, 5) is 15.3. The van der Waals surface area contributed by atoms with Crippen LogP contribution in [0.5, 0.6) is 5.75 Å². The quantitative estimate of drug-likeness (QED) is 0.703. The number of methoxy groups -OCH3 is 1. The van der Waals surface area contributed by atoms with Gasteiger partial charge in [-0.05, 0) is 50.2 Å². The number of nitrogens with zero attached hydrogens (tertiary/aromatic N) is 3. The van der Waals surface area contributed by atoms with Gasteiger partial charge in [0.2, 0.25) is 0 Å². The first-order valence-corrected chi connectivity index (χ1v) is 10.3. The molecule has 0 saturated heterocycles. The highest BCUT2D eigenvalue weighted by molar-refractivity contribution is 6.03. The van der Waals surface area contributed by atoms with Crippen molar-refractivity contribution in [2.45, 2.75) is 40.2 Å². The molecule has 5 nitrogen and oxygen atoms in total. The van der Waals surface area contributed by atoms with Gasteiger partial charge >= 0.3 is 0 Å². The second-order valence-corrected chi connectivity index (χ2v) is 7.56. The molecule has 1 heterocycles. The number of aryl methyl sites for hydroxylation is 2. The van der Waals surface area contributed by atoms with Crippen LogP contribution in [0.2, 0.25) is 0 Å². The van der Waals surface area contributed by atoms with E-state index in [-0.39, 0.29) is 11.9 Å². The van der Waals surface area contributed by atoms with Crippen molar-refractivity contribution in [3.8, 4) is 5.75 Å². The maximum Gasteiger partial charge on any atom is 0.257 e. The molecule has 3 rings (SSSR count). The van der Waals surface area contributed by atoms with E-state index >= 15 is 0 Å². The normalized spacial score (nSPS) is 16.3. The first kappa shape index (κ1) is 21.1. The van der Waals surface area contributed by atoms with Gasteiger partial charge in [0.1, 0.15) is 5.75 Å². The van der Waals surface area contributed by atoms with E-state index in [2.05, 4.69) is 50.8 Å². The molecule has 0 fully saturated rings. The number of hydrogen-bond acceptors (Lipinski definition) is 4. The predicted molar refractivity (Wildman–Crippen MR) is 117 cm³/mol. The van der Waals surface area contributed by atoms with Crippen LogP contribution >= 0.6 is 0 Å². The number of ether oxygens (including phenoxy) is 1. The summed E-state index contributed by atoms with van der Waals surface area (Å²) >= 11 is 0. The molecule has 154 valence electrons. The predicted octanol–water partition coefficient (Wildman–Crippen LogP) is 4.33. The highest BCUT2D eigenvalue weighted by atomic mass is 16.5. The molecule has 0 unspecified atom stereocenters. The van der Waals surface area contributed by atoms with Crippen LogP contribution < -0.4 is 4.74 Å². The van der Waals surface area contributed by atoms with Gasteiger partial charge in [-0.2, -0.15) is 5.10 Å². The molecule has 1 aliphatic rings. The average Bonchev–Trinajstić information content (AvgIpc) is 3.19. The number of carbonyl (C=O) groups excluding carboxylic acids is 1. The highest BCUT2D eigenvalue weighted by Crippen LogP contribution is 2.35. The van der Waals surface area contributed by atoms with Gasteiger partial charge in [-0.3, -0.25) is 9.69 Å². The van der Waals surface area contributed by atoms with Gasteiger partial charge in [0.25, 0.3) is 5.91 Å². The molecule has 0 saturated carbocycles. The molecule has 0 radical (unpaired) electrons. The molecule has 0 bridgehead atoms. The molecule has 0 spiro atoms. The van der Waals surface area contributed by atoms with E-state index in [4.69, 9.17) is 9.84 Å². The van der Waals surface area contributed by atoms with E-state index in [0.717, 1.165) is 30.1 Å². The lowest BCUT2D eigenvalue weighted by Gasteiger charge is -2.26. The Kier molecular flexibility index (Phi) is 6.70. The molecule has 1 amide bonds. The van der Waals surface area contributed by atoms with Gasteiger partial charge < -0.3 is 4.74 Å². The third-order valence-corrected chi connectivity index (χ3v) is 5.62. The van der Waals surface area contributed by atoms with Gasteiger partial charge in [-0.1, -0.05) is 49.7 Å². The molecule has 29 heavy (non-hydrogen) atoms. The van der Waals surface area contributed by atoms with Crippen molar-refractivity contribution in [3.63, 3.8) is 0 Å². The Morgan fingerprint density at radius 2 is 1.93 bits per heavy atom. The summed E-state index contributed by atoms with van der Waals surface area (Å²) in [7, 11) is 1.66. The Labute approximate surface area is 174 Å². The van der Waals surface area contributed by atoms with Gasteiger partial charge in [-0.25, -0.2) is 5.01 Å². The van der Waals surface area contributed by atoms with Crippen molar-refractivity contribution in [1.29, 1.82) is 0 Å². The lowest BCUT2D eigenvalue weighted by atomic mass is 9.94. The first-order valence-electron chi connectivity index (χ1n) is 10.3. The molecule has 2 aromatic carbocycles. The van der Waals surface area contributed by atoms with Crippen molar-refractivity contribution in [2.24, 2.45) is 5.10 Å². The molecule has 0 aromatic heterocycles. The summed E-state index contributed by atoms with van der Waals surface area (Å²) in [6.45, 7) is 10.4. The minimum atomic E-state index is -0.0841. The van der Waals surface area contributed by atoms with Gasteiger partial charge in [-0.15, -0.1) is 0 Å². The molecule has 0 N–H and O–H groups in total. The van der Waals surface area contributed by atoms with E-state index in [1.807, 2.05) is 24.3 Å². The van der Waals surface area contributed by atoms with Crippen molar-refractivity contribution >= 4 is 11.6 Å². The number of benzene rings is 2. The first-order chi connectivity index (χ1) is 14.0. The second kappa shape index (κ2) is 9.23. The minimum absolute atomic E-state index is 0.0394. The minimum Gasteiger partial charge on any atom is -0.497 e. The van der Waals surface area contributed by atoms with Crippen molar-refractivity contribution < 1.29 is 9.53 Å². The van der Waals surface area contributed by atoms with Gasteiger partial charge in [0.15, 0.2) is 0 Å². The van der Waals surface area contributed by atoms with Crippen LogP contribution in [0, 0.1) is 13.8 Å². The standard InChI is InChI=1S/C24H31N3O2/c1-6-26(7-2)16-24(28)27-23(21-13-17(3)11-12-18(21)4)15-22(25-27)19-9-8-10-20(14-19)29-5/h8-14,23H,6-7,15-16H2,1-5H3/t23-/m1/s1. The Bertz CT molecular complexity index is 903. The third kappa shape index (κ3) is 4.67. The molecule has 1 aliphatic heterocycles. The number of carbonyl (C=O) groups is 1. The SMILES string of the molecule is CCN(CC)CC(=O)N1N=C(c2cccc(OC)c2)C[C@@H]1c1cc(C)ccc1C. The summed E-state index contributed by atoms with van der Waals surface area (Å²) in [5.41, 5.74) is 5.46. The van der Waals surface area contributed by atoms with E-state index in [9.17, 15) is 4.79 Å². The van der Waals surface area contributed by atoms with Crippen LogP contribution in [0.3, 0.4) is 0 Å². The fourth-order valence-corrected chi connectivity index (χ4v) is 3.79. The van der Waals surface area contributed by atoms with Crippen molar-refractivity contribution in [3.05, 3.63) is 64.7 Å². The lowest BCUT2D eigenvalue weighted by Crippen LogP contribution is -2.38. The van der Waals surface area contributed by atoms with Crippen LogP contribution in [0.15, 0.2) is 47.6 Å². The summed E-state index contributed by atoms with van der Waals surface area (Å²) in [6.07, 6.45) is 0.696. The van der Waals surface area contributed by atoms with Crippen molar-refractivity contribution in [2.75, 3.05) is 26.7 Å². The zero-order valence-corrected chi connectivity index (χ0v) is 18.1. The van der Waals surface area contributed by atoms with E-state index in [1.165, 1.54) is 16.7 Å². The molecule has 1 atom stereocenters. The summed E-state index contributed by atoms with van der Waals surface area (Å²) < 4.78 is 5.37. The van der Waals surface area contributed by atoms with E-state index in [1.54, 1.807) is 12.1 Å². The third-order valence-electron chi connectivity index (χ3n) is 5.62. The monoisotopic (exact) mass is 393 g/mol. The van der Waals surface area contributed by atoms with Gasteiger partial charge in [0, 0.05) is 12.0 Å². The Morgan fingerprint density at radius 3 is 2.62 bits per heavy atom. The Morgan fingerprint density at radius 1 is 1.17 bits per heavy atom. The van der Waals surface area contributed by atoms with Gasteiger partial charge in [0.05, 0.1) is 25.4 Å². The maximum atomic E-state index is 13.2. The fraction of sp³-hybridized carbons (Fsp3) is 0.417. The zero-order chi connectivity index (χ0) is 21.0. The number of rotatable bonds is 7. The largest absolute Gasteiger partial charge is 0.497 e. The lowest BCUT2D eigenvalue weighted by molar-refractivity contribution is -0.134. The maximum absolute atomic E-state index is 13.2. The summed E-state index contributed by atoms with van der Waals surface area (Å²) in [5, 5.41) is 6.51. The molecular weight excluding hydrogens is 362 g/mol. The summed E-state index contributed by atoms with van der Waals surface area (Å²) in [6, 6.07) is 14.2. The Balaban J connectivity index is 1.98.